The molecule has 0 saturated heterocycles. The van der Waals surface area contributed by atoms with Crippen LogP contribution in [0.5, 0.6) is 5.75 Å². The van der Waals surface area contributed by atoms with Crippen LogP contribution in [-0.4, -0.2) is 10.2 Å². The van der Waals surface area contributed by atoms with Gasteiger partial charge in [-0.1, -0.05) is 36.4 Å². The molecular weight excluding hydrogens is 356 g/mol. The molecule has 0 atom stereocenters. The Morgan fingerprint density at radius 2 is 1.31 bits per heavy atom. The lowest BCUT2D eigenvalue weighted by Crippen LogP contribution is -2.49. The third-order valence-electron chi connectivity index (χ3n) is 8.05. The predicted molar refractivity (Wildman–Crippen MR) is 117 cm³/mol. The fraction of sp³-hybridized carbons (Fsp3) is 0.407. The number of fused-ring (bicyclic) bond motifs is 1. The van der Waals surface area contributed by atoms with Crippen LogP contribution in [0.15, 0.2) is 54.6 Å². The van der Waals surface area contributed by atoms with Gasteiger partial charge in [-0.15, -0.1) is 0 Å². The van der Waals surface area contributed by atoms with Crippen molar-refractivity contribution in [1.82, 2.24) is 0 Å². The summed E-state index contributed by atoms with van der Waals surface area (Å²) in [7, 11) is 0. The van der Waals surface area contributed by atoms with Crippen LogP contribution < -0.4 is 0 Å². The van der Waals surface area contributed by atoms with Crippen LogP contribution in [0.3, 0.4) is 0 Å². The molecule has 0 heterocycles. The molecule has 4 saturated carbocycles. The number of benzene rings is 3. The zero-order chi connectivity index (χ0) is 19.6. The maximum Gasteiger partial charge on any atom is 0.116 e. The lowest BCUT2D eigenvalue weighted by molar-refractivity contribution is -0.00600. The van der Waals surface area contributed by atoms with E-state index in [-0.39, 0.29) is 12.0 Å². The quantitative estimate of drug-likeness (QED) is 0.567. The number of rotatable bonds is 3. The summed E-state index contributed by atoms with van der Waals surface area (Å²) >= 11 is 0. The molecule has 0 aliphatic heterocycles. The minimum atomic E-state index is 0.133. The lowest BCUT2D eigenvalue weighted by Gasteiger charge is -2.57. The van der Waals surface area contributed by atoms with E-state index in [0.717, 1.165) is 34.1 Å². The maximum atomic E-state index is 10.1. The normalized spacial score (nSPS) is 30.2. The molecule has 4 aliphatic carbocycles. The highest BCUT2D eigenvalue weighted by atomic mass is 16.3. The van der Waals surface area contributed by atoms with Crippen molar-refractivity contribution in [2.45, 2.75) is 50.5 Å². The molecule has 2 N–H and O–H groups in total. The molecule has 0 aromatic heterocycles. The first-order valence-electron chi connectivity index (χ1n) is 11.1. The third kappa shape index (κ3) is 2.80. The second-order valence-electron chi connectivity index (χ2n) is 9.97. The Labute approximate surface area is 172 Å². The molecule has 0 radical (unpaired) electrons. The van der Waals surface area contributed by atoms with E-state index in [9.17, 15) is 10.2 Å². The number of hydrogen-bond acceptors (Lipinski definition) is 2. The standard InChI is InChI=1S/C27H28O2/c28-16-24-4-3-23(20-1-2-22-11-25(29)6-5-21(22)10-20)12-26(24)27-13-17-7-18(14-27)9-19(8-17)15-27/h1-6,10-12,17-19,28-29H,7-9,13-16H2. The Balaban J connectivity index is 1.46. The fourth-order valence-corrected chi connectivity index (χ4v) is 7.24. The molecule has 29 heavy (non-hydrogen) atoms. The minimum absolute atomic E-state index is 0.133. The smallest absolute Gasteiger partial charge is 0.116 e. The Morgan fingerprint density at radius 1 is 0.724 bits per heavy atom. The second kappa shape index (κ2) is 6.34. The van der Waals surface area contributed by atoms with Gasteiger partial charge in [-0.3, -0.25) is 0 Å². The highest BCUT2D eigenvalue weighted by molar-refractivity contribution is 5.88. The van der Waals surface area contributed by atoms with Gasteiger partial charge >= 0.3 is 0 Å². The topological polar surface area (TPSA) is 40.5 Å². The van der Waals surface area contributed by atoms with E-state index in [2.05, 4.69) is 36.4 Å². The average Bonchev–Trinajstić information content (AvgIpc) is 2.72. The van der Waals surface area contributed by atoms with E-state index < -0.39 is 0 Å². The Kier molecular flexibility index (Phi) is 3.83. The lowest BCUT2D eigenvalue weighted by atomic mass is 9.47. The van der Waals surface area contributed by atoms with Crippen molar-refractivity contribution < 1.29 is 10.2 Å². The summed E-state index contributed by atoms with van der Waals surface area (Å²) in [5.41, 5.74) is 5.27. The maximum absolute atomic E-state index is 10.1. The monoisotopic (exact) mass is 384 g/mol. The van der Waals surface area contributed by atoms with E-state index in [4.69, 9.17) is 0 Å². The average molecular weight is 385 g/mol. The molecule has 3 aromatic rings. The summed E-state index contributed by atoms with van der Waals surface area (Å²) in [6.45, 7) is 0.133. The SMILES string of the molecule is OCc1ccc(-c2ccc3cc(O)ccc3c2)cc1C12CC3CC(CC(C3)C1)C2. The summed E-state index contributed by atoms with van der Waals surface area (Å²) in [6.07, 6.45) is 8.24. The molecule has 0 unspecified atom stereocenters. The summed E-state index contributed by atoms with van der Waals surface area (Å²) in [5.74, 6) is 2.99. The van der Waals surface area contributed by atoms with Crippen LogP contribution in [0.25, 0.3) is 21.9 Å². The number of phenols is 1. The summed E-state index contributed by atoms with van der Waals surface area (Å²) < 4.78 is 0. The van der Waals surface area contributed by atoms with Gasteiger partial charge < -0.3 is 10.2 Å². The molecule has 4 aliphatic rings. The summed E-state index contributed by atoms with van der Waals surface area (Å²) in [5, 5.41) is 22.1. The third-order valence-corrected chi connectivity index (χ3v) is 8.05. The predicted octanol–water partition coefficient (Wildman–Crippen LogP) is 6.17. The van der Waals surface area contributed by atoms with E-state index in [1.165, 1.54) is 55.2 Å². The van der Waals surface area contributed by atoms with Crippen LogP contribution >= 0.6 is 0 Å². The van der Waals surface area contributed by atoms with Crippen LogP contribution in [-0.2, 0) is 12.0 Å². The molecular formula is C27H28O2. The van der Waals surface area contributed by atoms with Crippen LogP contribution in [0, 0.1) is 17.8 Å². The number of aliphatic hydroxyl groups excluding tert-OH is 1. The van der Waals surface area contributed by atoms with Crippen molar-refractivity contribution in [3.05, 3.63) is 65.7 Å². The number of hydrogen-bond donors (Lipinski definition) is 2. The van der Waals surface area contributed by atoms with Crippen molar-refractivity contribution in [3.63, 3.8) is 0 Å². The van der Waals surface area contributed by atoms with Gasteiger partial charge in [0.1, 0.15) is 5.75 Å². The highest BCUT2D eigenvalue weighted by Crippen LogP contribution is 2.61. The molecule has 0 spiro atoms. The van der Waals surface area contributed by atoms with Crippen molar-refractivity contribution in [2.75, 3.05) is 0 Å². The van der Waals surface area contributed by atoms with Crippen molar-refractivity contribution in [2.24, 2.45) is 17.8 Å². The van der Waals surface area contributed by atoms with Crippen LogP contribution in [0.1, 0.15) is 49.7 Å². The van der Waals surface area contributed by atoms with Gasteiger partial charge in [0.05, 0.1) is 6.61 Å². The molecule has 2 heteroatoms. The van der Waals surface area contributed by atoms with E-state index in [0.29, 0.717) is 5.75 Å². The first kappa shape index (κ1) is 17.5. The molecule has 7 rings (SSSR count). The molecule has 148 valence electrons. The van der Waals surface area contributed by atoms with E-state index in [1.807, 2.05) is 12.1 Å². The number of phenolic OH excluding ortho intramolecular Hbond substituents is 1. The minimum Gasteiger partial charge on any atom is -0.508 e. The first-order valence-corrected chi connectivity index (χ1v) is 11.1. The summed E-state index contributed by atoms with van der Waals surface area (Å²) in [6, 6.07) is 18.7. The van der Waals surface area contributed by atoms with Crippen molar-refractivity contribution in [1.29, 1.82) is 0 Å². The van der Waals surface area contributed by atoms with E-state index in [1.54, 1.807) is 6.07 Å². The Morgan fingerprint density at radius 3 is 2.00 bits per heavy atom. The Bertz CT molecular complexity index is 1060. The van der Waals surface area contributed by atoms with Gasteiger partial charge in [0.25, 0.3) is 0 Å². The molecule has 2 nitrogen and oxygen atoms in total. The van der Waals surface area contributed by atoms with Crippen molar-refractivity contribution in [3.8, 4) is 16.9 Å². The Hall–Kier alpha value is -2.32. The van der Waals surface area contributed by atoms with Crippen molar-refractivity contribution >= 4 is 10.8 Å². The van der Waals surface area contributed by atoms with Gasteiger partial charge in [-0.05, 0) is 113 Å². The van der Waals surface area contributed by atoms with Crippen LogP contribution in [0.4, 0.5) is 0 Å². The zero-order valence-electron chi connectivity index (χ0n) is 16.8. The highest BCUT2D eigenvalue weighted by Gasteiger charge is 2.52. The number of aromatic hydroxyl groups is 1. The largest absolute Gasteiger partial charge is 0.508 e. The van der Waals surface area contributed by atoms with Crippen LogP contribution in [0.2, 0.25) is 0 Å². The molecule has 0 amide bonds. The first-order chi connectivity index (χ1) is 14.1. The van der Waals surface area contributed by atoms with Gasteiger partial charge in [-0.2, -0.15) is 0 Å². The molecule has 4 fully saturated rings. The summed E-state index contributed by atoms with van der Waals surface area (Å²) in [4.78, 5) is 0. The zero-order valence-corrected chi connectivity index (χ0v) is 16.8. The fourth-order valence-electron chi connectivity index (χ4n) is 7.24. The van der Waals surface area contributed by atoms with Gasteiger partial charge in [0.2, 0.25) is 0 Å². The molecule has 4 bridgehead atoms. The number of aliphatic hydroxyl groups is 1. The second-order valence-corrected chi connectivity index (χ2v) is 9.97. The van der Waals surface area contributed by atoms with Gasteiger partial charge in [-0.25, -0.2) is 0 Å². The van der Waals surface area contributed by atoms with E-state index >= 15 is 0 Å². The molecule has 3 aromatic carbocycles. The van der Waals surface area contributed by atoms with Gasteiger partial charge in [0.15, 0.2) is 0 Å². The van der Waals surface area contributed by atoms with Gasteiger partial charge in [0, 0.05) is 0 Å².